The van der Waals surface area contributed by atoms with Gasteiger partial charge in [0.25, 0.3) is 0 Å². The molecule has 3 rings (SSSR count). The van der Waals surface area contributed by atoms with E-state index in [4.69, 9.17) is 23.2 Å². The molecule has 1 amide bonds. The van der Waals surface area contributed by atoms with Crippen LogP contribution in [0.5, 0.6) is 0 Å². The summed E-state index contributed by atoms with van der Waals surface area (Å²) in [6.45, 7) is 0. The molecule has 0 unspecified atom stereocenters. The van der Waals surface area contributed by atoms with Crippen molar-refractivity contribution in [1.29, 1.82) is 0 Å². The summed E-state index contributed by atoms with van der Waals surface area (Å²) in [6.07, 6.45) is 0. The van der Waals surface area contributed by atoms with E-state index in [1.54, 1.807) is 12.1 Å². The zero-order valence-corrected chi connectivity index (χ0v) is 12.9. The number of amides is 1. The Morgan fingerprint density at radius 2 is 2.05 bits per heavy atom. The quantitative estimate of drug-likeness (QED) is 0.700. The number of hydrogen-bond acceptors (Lipinski definition) is 5. The summed E-state index contributed by atoms with van der Waals surface area (Å²) >= 11 is 11.4. The summed E-state index contributed by atoms with van der Waals surface area (Å²) in [6, 6.07) is 6.76. The molecule has 1 aliphatic rings. The van der Waals surface area contributed by atoms with Crippen molar-refractivity contribution in [3.8, 4) is 0 Å². The van der Waals surface area contributed by atoms with Gasteiger partial charge in [-0.1, -0.05) is 0 Å². The molecule has 1 aromatic carbocycles. The van der Waals surface area contributed by atoms with Crippen LogP contribution in [0.25, 0.3) is 0 Å². The van der Waals surface area contributed by atoms with Crippen molar-refractivity contribution in [2.24, 2.45) is 7.92 Å². The third kappa shape index (κ3) is 2.53. The first-order valence-corrected chi connectivity index (χ1v) is 7.65. The minimum absolute atomic E-state index is 0.00896. The van der Waals surface area contributed by atoms with E-state index >= 15 is 0 Å². The number of benzene rings is 1. The van der Waals surface area contributed by atoms with Crippen molar-refractivity contribution in [3.05, 3.63) is 40.1 Å². The first-order chi connectivity index (χ1) is 9.65. The number of fused-ring (bicyclic) bond motifs is 1. The van der Waals surface area contributed by atoms with Crippen LogP contribution < -0.4 is 5.32 Å². The van der Waals surface area contributed by atoms with E-state index in [9.17, 15) is 4.79 Å². The van der Waals surface area contributed by atoms with E-state index in [1.165, 1.54) is 6.07 Å². The second-order valence-electron chi connectivity index (χ2n) is 3.76. The Labute approximate surface area is 129 Å². The summed E-state index contributed by atoms with van der Waals surface area (Å²) in [5.41, 5.74) is 2.20. The van der Waals surface area contributed by atoms with Crippen LogP contribution in [0.1, 0.15) is 10.4 Å². The van der Waals surface area contributed by atoms with Crippen molar-refractivity contribution in [3.63, 3.8) is 0 Å². The van der Waals surface area contributed by atoms with Gasteiger partial charge >= 0.3 is 129 Å². The van der Waals surface area contributed by atoms with E-state index in [-0.39, 0.29) is 30.4 Å². The van der Waals surface area contributed by atoms with E-state index in [0.29, 0.717) is 11.4 Å². The van der Waals surface area contributed by atoms with Gasteiger partial charge < -0.3 is 0 Å². The molecule has 0 fully saturated rings. The van der Waals surface area contributed by atoms with Gasteiger partial charge in [0.1, 0.15) is 0 Å². The average molecular weight is 373 g/mol. The molecule has 0 spiro atoms. The number of halogens is 2. The van der Waals surface area contributed by atoms with Gasteiger partial charge in [0.15, 0.2) is 0 Å². The number of aromatic nitrogens is 2. The number of nitrogens with zero attached hydrogens (tertiary/aromatic N) is 4. The van der Waals surface area contributed by atoms with Gasteiger partial charge in [-0.25, -0.2) is 0 Å². The SMILES string of the molecule is O=C(Nc1cccc2c1N=[Se]=N2)c1cc(Cl)nnc1Cl. The second kappa shape index (κ2) is 5.46. The Balaban J connectivity index is 1.93. The summed E-state index contributed by atoms with van der Waals surface area (Å²) in [7, 11) is 0. The molecule has 100 valence electrons. The molecular weight excluding hydrogens is 368 g/mol. The molecule has 9 heteroatoms. The Bertz CT molecular complexity index is 788. The van der Waals surface area contributed by atoms with Crippen LogP contribution in [0.3, 0.4) is 0 Å². The van der Waals surface area contributed by atoms with Gasteiger partial charge in [-0.3, -0.25) is 0 Å². The summed E-state index contributed by atoms with van der Waals surface area (Å²) in [5.74, 6) is -0.421. The van der Waals surface area contributed by atoms with Crippen LogP contribution >= 0.6 is 23.2 Å². The number of nitrogens with one attached hydrogen (secondary N) is 1. The molecule has 1 N–H and O–H groups in total. The van der Waals surface area contributed by atoms with Crippen LogP contribution in [0.2, 0.25) is 10.3 Å². The number of carbonyl (C=O) groups is 1. The van der Waals surface area contributed by atoms with E-state index < -0.39 is 5.91 Å². The van der Waals surface area contributed by atoms with Crippen LogP contribution in [0, 0.1) is 0 Å². The predicted molar refractivity (Wildman–Crippen MR) is 76.4 cm³/mol. The van der Waals surface area contributed by atoms with Gasteiger partial charge in [0, 0.05) is 0 Å². The fraction of sp³-hybridized carbons (Fsp3) is 0. The molecule has 0 bridgehead atoms. The molecule has 6 nitrogen and oxygen atoms in total. The maximum atomic E-state index is 12.2. The number of hydrogen-bond donors (Lipinski definition) is 1. The molecule has 0 radical (unpaired) electrons. The fourth-order valence-corrected chi connectivity index (χ4v) is 3.09. The van der Waals surface area contributed by atoms with E-state index in [0.717, 1.165) is 5.69 Å². The van der Waals surface area contributed by atoms with Crippen molar-refractivity contribution in [2.75, 3.05) is 5.32 Å². The second-order valence-corrected chi connectivity index (χ2v) is 5.62. The minimum atomic E-state index is -0.421. The third-order valence-corrected chi connectivity index (χ3v) is 4.10. The third-order valence-electron chi connectivity index (χ3n) is 2.50. The first-order valence-electron chi connectivity index (χ1n) is 5.36. The van der Waals surface area contributed by atoms with Crippen molar-refractivity contribution < 1.29 is 4.79 Å². The Kier molecular flexibility index (Phi) is 3.67. The topological polar surface area (TPSA) is 79.6 Å². The zero-order valence-electron chi connectivity index (χ0n) is 9.67. The molecule has 20 heavy (non-hydrogen) atoms. The summed E-state index contributed by atoms with van der Waals surface area (Å²) < 4.78 is 8.53. The zero-order chi connectivity index (χ0) is 14.1. The predicted octanol–water partition coefficient (Wildman–Crippen LogP) is 3.38. The van der Waals surface area contributed by atoms with Gasteiger partial charge in [0.05, 0.1) is 0 Å². The van der Waals surface area contributed by atoms with Gasteiger partial charge in [-0.2, -0.15) is 0 Å². The number of carbonyl (C=O) groups excluding carboxylic acids is 1. The molecule has 2 aromatic rings. The number of rotatable bonds is 2. The molecule has 0 saturated heterocycles. The molecule has 1 aromatic heterocycles. The fourth-order valence-electron chi connectivity index (χ4n) is 1.61. The van der Waals surface area contributed by atoms with Crippen LogP contribution in [-0.2, 0) is 0 Å². The van der Waals surface area contributed by atoms with E-state index in [1.807, 2.05) is 6.07 Å². The van der Waals surface area contributed by atoms with E-state index in [2.05, 4.69) is 23.4 Å². The van der Waals surface area contributed by atoms with Gasteiger partial charge in [0.2, 0.25) is 0 Å². The molecule has 2 heterocycles. The molecule has 1 aliphatic heterocycles. The first kappa shape index (κ1) is 13.5. The van der Waals surface area contributed by atoms with Crippen LogP contribution in [-0.4, -0.2) is 30.7 Å². The Morgan fingerprint density at radius 1 is 1.20 bits per heavy atom. The maximum absolute atomic E-state index is 12.2. The average Bonchev–Trinajstić information content (AvgIpc) is 2.91. The van der Waals surface area contributed by atoms with Crippen molar-refractivity contribution >= 4 is 60.7 Å². The molecule has 0 atom stereocenters. The standard InChI is InChI=1S/C11H5Cl2N5OSe/c12-8-4-5(10(13)16-15-8)11(19)14-6-2-1-3-7-9(6)18-20-17-7/h1-4H,(H,14,19). The van der Waals surface area contributed by atoms with Crippen molar-refractivity contribution in [1.82, 2.24) is 10.2 Å². The summed E-state index contributed by atoms with van der Waals surface area (Å²) in [5, 5.41) is 9.98. The van der Waals surface area contributed by atoms with Gasteiger partial charge in [-0.15, -0.1) is 0 Å². The van der Waals surface area contributed by atoms with Gasteiger partial charge in [-0.05, 0) is 0 Å². The normalized spacial score (nSPS) is 11.9. The van der Waals surface area contributed by atoms with Crippen molar-refractivity contribution in [2.45, 2.75) is 0 Å². The Hall–Kier alpha value is -1.53. The Morgan fingerprint density at radius 3 is 2.90 bits per heavy atom. The number of anilines is 1. The van der Waals surface area contributed by atoms with Crippen LogP contribution in [0.4, 0.5) is 17.1 Å². The molecular formula is C11H5Cl2N5OSe. The summed E-state index contributed by atoms with van der Waals surface area (Å²) in [4.78, 5) is 12.2. The molecule has 0 aliphatic carbocycles. The monoisotopic (exact) mass is 373 g/mol. The molecule has 0 saturated carbocycles. The van der Waals surface area contributed by atoms with Crippen LogP contribution in [0.15, 0.2) is 32.2 Å².